The van der Waals surface area contributed by atoms with E-state index in [-0.39, 0.29) is 24.7 Å². The summed E-state index contributed by atoms with van der Waals surface area (Å²) < 4.78 is 0. The Kier molecular flexibility index (Phi) is 838. The summed E-state index contributed by atoms with van der Waals surface area (Å²) in [6, 6.07) is 0. The summed E-state index contributed by atoms with van der Waals surface area (Å²) in [5, 5.41) is 0. The molecule has 0 spiro atoms. The van der Waals surface area contributed by atoms with Gasteiger partial charge in [-0.05, 0) is 6.20 Å². The normalized spacial score (nSPS) is 2.00. The number of hydrogen-bond acceptors (Lipinski definition) is 3. The van der Waals surface area contributed by atoms with Gasteiger partial charge in [0.2, 0.25) is 0 Å². The van der Waals surface area contributed by atoms with Gasteiger partial charge in [0.25, 0.3) is 0 Å². The van der Waals surface area contributed by atoms with E-state index in [9.17, 15) is 0 Å². The van der Waals surface area contributed by atoms with Gasteiger partial charge < -0.3 is 18.0 Å². The first-order valence-corrected chi connectivity index (χ1v) is 0.742. The van der Waals surface area contributed by atoms with Crippen molar-refractivity contribution in [3.8, 4) is 0 Å². The highest BCUT2D eigenvalue weighted by atomic mass is 35.5. The zero-order chi connectivity index (χ0) is 2.71. The molecular weight excluding hydrogens is 101 g/mol. The number of rotatable bonds is 0. The SMILES string of the molecule is C=CN.Cl.N.N. The van der Waals surface area contributed by atoms with Gasteiger partial charge in [-0.15, -0.1) is 12.4 Å². The first kappa shape index (κ1) is 42.4. The van der Waals surface area contributed by atoms with Crippen LogP contribution in [0.3, 0.4) is 0 Å². The van der Waals surface area contributed by atoms with Crippen molar-refractivity contribution in [1.82, 2.24) is 12.3 Å². The summed E-state index contributed by atoms with van der Waals surface area (Å²) in [6.45, 7) is 3.14. The van der Waals surface area contributed by atoms with Crippen molar-refractivity contribution in [2.24, 2.45) is 5.73 Å². The van der Waals surface area contributed by atoms with E-state index in [1.54, 1.807) is 0 Å². The van der Waals surface area contributed by atoms with E-state index in [4.69, 9.17) is 0 Å². The lowest BCUT2D eigenvalue weighted by atomic mass is 11.1. The van der Waals surface area contributed by atoms with Crippen molar-refractivity contribution in [2.75, 3.05) is 0 Å². The smallest absolute Gasteiger partial charge is 0.0136 e. The Balaban J connectivity index is -0.00000000667. The van der Waals surface area contributed by atoms with Crippen LogP contribution >= 0.6 is 12.4 Å². The molecule has 0 saturated heterocycles. The Morgan fingerprint density at radius 3 is 1.33 bits per heavy atom. The van der Waals surface area contributed by atoms with Crippen molar-refractivity contribution < 1.29 is 0 Å². The van der Waals surface area contributed by atoms with Crippen LogP contribution in [0.25, 0.3) is 0 Å². The summed E-state index contributed by atoms with van der Waals surface area (Å²) in [4.78, 5) is 0. The Hall–Kier alpha value is -0.250. The van der Waals surface area contributed by atoms with Crippen LogP contribution in [0.5, 0.6) is 0 Å². The second kappa shape index (κ2) is 119. The molecule has 0 aliphatic rings. The molecule has 0 aromatic carbocycles. The summed E-state index contributed by atoms with van der Waals surface area (Å²) >= 11 is 0. The van der Waals surface area contributed by atoms with Crippen LogP contribution in [-0.2, 0) is 0 Å². The molecule has 8 N–H and O–H groups in total. The van der Waals surface area contributed by atoms with Crippen LogP contribution in [0.2, 0.25) is 0 Å². The topological polar surface area (TPSA) is 96.0 Å². The molecule has 0 bridgehead atoms. The molecule has 0 amide bonds. The maximum absolute atomic E-state index is 4.61. The average Bonchev–Trinajstić information content (AvgIpc) is 0.918. The van der Waals surface area contributed by atoms with Crippen LogP contribution in [0.1, 0.15) is 0 Å². The second-order valence-electron chi connectivity index (χ2n) is 0.236. The van der Waals surface area contributed by atoms with E-state index in [0.29, 0.717) is 0 Å². The Bertz CT molecular complexity index is 16.3. The van der Waals surface area contributed by atoms with Gasteiger partial charge in [0.05, 0.1) is 0 Å². The predicted octanol–water partition coefficient (Wildman–Crippen LogP) is 0.834. The predicted molar refractivity (Wildman–Crippen MR) is 31.7 cm³/mol. The Morgan fingerprint density at radius 2 is 1.33 bits per heavy atom. The van der Waals surface area contributed by atoms with Crippen molar-refractivity contribution in [3.05, 3.63) is 12.8 Å². The van der Waals surface area contributed by atoms with Crippen molar-refractivity contribution in [1.29, 1.82) is 0 Å². The molecule has 0 aliphatic heterocycles. The van der Waals surface area contributed by atoms with Crippen LogP contribution in [-0.4, -0.2) is 0 Å². The largest absolute Gasteiger partial charge is 0.405 e. The van der Waals surface area contributed by atoms with Gasteiger partial charge in [-0.2, -0.15) is 0 Å². The molecule has 0 saturated carbocycles. The third-order valence-electron chi connectivity index (χ3n) is 0. The fourth-order valence-corrected chi connectivity index (χ4v) is 0. The van der Waals surface area contributed by atoms with E-state index in [1.807, 2.05) is 0 Å². The zero-order valence-corrected chi connectivity index (χ0v) is 4.50. The van der Waals surface area contributed by atoms with Gasteiger partial charge in [0.1, 0.15) is 0 Å². The minimum absolute atomic E-state index is 0. The number of nitrogens with two attached hydrogens (primary N) is 1. The van der Waals surface area contributed by atoms with Crippen LogP contribution in [0.4, 0.5) is 0 Å². The molecule has 0 aromatic rings. The Morgan fingerprint density at radius 1 is 1.33 bits per heavy atom. The minimum Gasteiger partial charge on any atom is -0.405 e. The Labute approximate surface area is 44.2 Å². The summed E-state index contributed by atoms with van der Waals surface area (Å²) in [5.74, 6) is 0. The standard InChI is InChI=1S/C2H5N.ClH.2H3N/c1-2-3;;;/h2H,1,3H2;1H;2*1H3. The highest BCUT2D eigenvalue weighted by molar-refractivity contribution is 5.85. The average molecular weight is 114 g/mol. The lowest BCUT2D eigenvalue weighted by Crippen LogP contribution is -1.67. The fourth-order valence-electron chi connectivity index (χ4n) is 0. The fraction of sp³-hybridized carbons (Fsp3) is 0. The van der Waals surface area contributed by atoms with Gasteiger partial charge in [0.15, 0.2) is 0 Å². The molecular formula is C2H12ClN3. The molecule has 0 unspecified atom stereocenters. The molecule has 0 radical (unpaired) electrons. The third kappa shape index (κ3) is 454. The van der Waals surface area contributed by atoms with Gasteiger partial charge in [-0.1, -0.05) is 6.58 Å². The van der Waals surface area contributed by atoms with Gasteiger partial charge in [-0.25, -0.2) is 0 Å². The lowest BCUT2D eigenvalue weighted by Gasteiger charge is -1.40. The molecule has 0 atom stereocenters. The quantitative estimate of drug-likeness (QED) is 0.434. The first-order chi connectivity index (χ1) is 1.41. The minimum atomic E-state index is 0. The molecule has 0 aliphatic carbocycles. The molecule has 0 rings (SSSR count). The number of halogens is 1. The molecule has 0 fully saturated rings. The third-order valence-corrected chi connectivity index (χ3v) is 0. The van der Waals surface area contributed by atoms with E-state index in [1.165, 1.54) is 6.20 Å². The van der Waals surface area contributed by atoms with Crippen molar-refractivity contribution in [3.63, 3.8) is 0 Å². The second-order valence-corrected chi connectivity index (χ2v) is 0.236. The van der Waals surface area contributed by atoms with Gasteiger partial charge in [-0.3, -0.25) is 0 Å². The van der Waals surface area contributed by atoms with Crippen molar-refractivity contribution in [2.45, 2.75) is 0 Å². The maximum Gasteiger partial charge on any atom is -0.0136 e. The zero-order valence-electron chi connectivity index (χ0n) is 3.68. The maximum atomic E-state index is 4.61. The van der Waals surface area contributed by atoms with Crippen LogP contribution in [0.15, 0.2) is 12.8 Å². The first-order valence-electron chi connectivity index (χ1n) is 0.742. The molecule has 3 nitrogen and oxygen atoms in total. The monoisotopic (exact) mass is 113 g/mol. The van der Waals surface area contributed by atoms with Crippen LogP contribution < -0.4 is 18.0 Å². The van der Waals surface area contributed by atoms with E-state index < -0.39 is 0 Å². The molecule has 0 aromatic heterocycles. The van der Waals surface area contributed by atoms with E-state index in [2.05, 4.69) is 12.3 Å². The lowest BCUT2D eigenvalue weighted by molar-refractivity contribution is 1.64. The summed E-state index contributed by atoms with van der Waals surface area (Å²) in [6.07, 6.45) is 1.25. The van der Waals surface area contributed by atoms with Gasteiger partial charge >= 0.3 is 0 Å². The number of hydrogen-bond donors (Lipinski definition) is 3. The summed E-state index contributed by atoms with van der Waals surface area (Å²) in [5.41, 5.74) is 4.61. The van der Waals surface area contributed by atoms with E-state index >= 15 is 0 Å². The molecule has 6 heavy (non-hydrogen) atoms. The highest BCUT2D eigenvalue weighted by Crippen LogP contribution is 1.13. The molecule has 0 heterocycles. The molecule has 4 heteroatoms. The van der Waals surface area contributed by atoms with Gasteiger partial charge in [0, 0.05) is 0 Å². The molecule has 42 valence electrons. The van der Waals surface area contributed by atoms with E-state index in [0.717, 1.165) is 0 Å². The summed E-state index contributed by atoms with van der Waals surface area (Å²) in [7, 11) is 0. The van der Waals surface area contributed by atoms with Crippen molar-refractivity contribution >= 4 is 12.4 Å². The highest BCUT2D eigenvalue weighted by Gasteiger charge is 1.09. The van der Waals surface area contributed by atoms with Crippen LogP contribution in [0, 0.1) is 0 Å².